The normalized spacial score (nSPS) is 13.3. The summed E-state index contributed by atoms with van der Waals surface area (Å²) in [5.74, 6) is -0.370. The van der Waals surface area contributed by atoms with Crippen LogP contribution in [0.3, 0.4) is 0 Å². The van der Waals surface area contributed by atoms with E-state index in [9.17, 15) is 19.7 Å². The van der Waals surface area contributed by atoms with Gasteiger partial charge < -0.3 is 0 Å². The van der Waals surface area contributed by atoms with Gasteiger partial charge in [-0.05, 0) is 61.6 Å². The van der Waals surface area contributed by atoms with Crippen LogP contribution < -0.4 is 11.0 Å². The highest BCUT2D eigenvalue weighted by atomic mass is 32.2. The molecule has 4 aromatic rings. The number of aryl methyl sites for hydroxylation is 2. The quantitative estimate of drug-likeness (QED) is 0.108. The minimum Gasteiger partial charge on any atom is -0.272 e. The third-order valence-corrected chi connectivity index (χ3v) is 8.19. The topological polar surface area (TPSA) is 119 Å². The molecule has 0 saturated carbocycles. The number of hydrogen-bond donors (Lipinski definition) is 1. The van der Waals surface area contributed by atoms with Crippen molar-refractivity contribution in [3.63, 3.8) is 0 Å². The first-order chi connectivity index (χ1) is 18.5. The zero-order valence-electron chi connectivity index (χ0n) is 20.2. The van der Waals surface area contributed by atoms with E-state index in [1.54, 1.807) is 40.2 Å². The van der Waals surface area contributed by atoms with E-state index in [2.05, 4.69) is 10.5 Å². The zero-order chi connectivity index (χ0) is 26.5. The molecule has 11 heteroatoms. The Balaban J connectivity index is 1.32. The van der Waals surface area contributed by atoms with Crippen LogP contribution in [0.1, 0.15) is 28.8 Å². The number of aromatic nitrogens is 2. The van der Waals surface area contributed by atoms with Crippen LogP contribution in [0.2, 0.25) is 0 Å². The number of rotatable bonds is 8. The fourth-order valence-corrected chi connectivity index (χ4v) is 6.45. The minimum atomic E-state index is -0.457. The number of para-hydroxylation sites is 2. The van der Waals surface area contributed by atoms with Crippen LogP contribution in [-0.2, 0) is 17.6 Å². The molecule has 1 amide bonds. The highest BCUT2D eigenvalue weighted by Crippen LogP contribution is 2.35. The highest BCUT2D eigenvalue weighted by molar-refractivity contribution is 7.99. The van der Waals surface area contributed by atoms with Crippen LogP contribution >= 0.6 is 23.1 Å². The fraction of sp³-hybridized carbons (Fsp3) is 0.185. The Labute approximate surface area is 226 Å². The Kier molecular flexibility index (Phi) is 7.75. The summed E-state index contributed by atoms with van der Waals surface area (Å²) in [5.41, 5.74) is 4.57. The number of thiophene rings is 1. The number of amides is 1. The lowest BCUT2D eigenvalue weighted by Crippen LogP contribution is -2.24. The summed E-state index contributed by atoms with van der Waals surface area (Å²) in [6, 6.07) is 15.7. The van der Waals surface area contributed by atoms with E-state index in [4.69, 9.17) is 4.98 Å². The van der Waals surface area contributed by atoms with Gasteiger partial charge in [-0.1, -0.05) is 42.1 Å². The van der Waals surface area contributed by atoms with Crippen molar-refractivity contribution in [2.75, 3.05) is 5.75 Å². The zero-order valence-corrected chi connectivity index (χ0v) is 21.8. The van der Waals surface area contributed by atoms with E-state index in [0.717, 1.165) is 36.1 Å². The first kappa shape index (κ1) is 25.6. The number of hydrazone groups is 1. The largest absolute Gasteiger partial charge is 0.276 e. The van der Waals surface area contributed by atoms with Crippen LogP contribution in [-0.4, -0.2) is 32.3 Å². The maximum atomic E-state index is 13.7. The van der Waals surface area contributed by atoms with Crippen molar-refractivity contribution in [2.24, 2.45) is 5.10 Å². The van der Waals surface area contributed by atoms with Gasteiger partial charge >= 0.3 is 0 Å². The lowest BCUT2D eigenvalue weighted by Gasteiger charge is -2.13. The van der Waals surface area contributed by atoms with Crippen molar-refractivity contribution in [3.8, 4) is 5.69 Å². The molecule has 2 aromatic heterocycles. The Hall–Kier alpha value is -4.09. The number of nitro benzene ring substituents is 1. The van der Waals surface area contributed by atoms with Gasteiger partial charge in [0.2, 0.25) is 0 Å². The number of nitro groups is 1. The molecule has 0 spiro atoms. The molecule has 5 rings (SSSR count). The van der Waals surface area contributed by atoms with Gasteiger partial charge in [-0.15, -0.1) is 11.3 Å². The standard InChI is InChI=1S/C27H23N5O4S2/c33-23(30-28-16-8-10-18-9-4-6-14-21(18)32(35)36)17-37-27-29-25-24(20-13-5-7-15-22(20)38-25)26(34)31(27)19-11-2-1-3-12-19/h1-4,6,8-12,14,16H,5,7,13,15,17H2,(H,30,33). The van der Waals surface area contributed by atoms with Crippen molar-refractivity contribution in [2.45, 2.75) is 30.8 Å². The summed E-state index contributed by atoms with van der Waals surface area (Å²) in [5, 5.41) is 16.1. The number of nitrogens with zero attached hydrogens (tertiary/aromatic N) is 4. The van der Waals surface area contributed by atoms with Crippen LogP contribution in [0.25, 0.3) is 22.0 Å². The smallest absolute Gasteiger partial charge is 0.272 e. The van der Waals surface area contributed by atoms with E-state index in [0.29, 0.717) is 21.8 Å². The van der Waals surface area contributed by atoms with Crippen LogP contribution in [0.15, 0.2) is 75.7 Å². The molecule has 9 nitrogen and oxygen atoms in total. The van der Waals surface area contributed by atoms with Crippen molar-refractivity contribution < 1.29 is 9.72 Å². The molecule has 1 aliphatic rings. The average Bonchev–Trinajstić information content (AvgIpc) is 3.31. The van der Waals surface area contributed by atoms with Gasteiger partial charge in [-0.25, -0.2) is 10.4 Å². The predicted molar refractivity (Wildman–Crippen MR) is 151 cm³/mol. The van der Waals surface area contributed by atoms with Crippen molar-refractivity contribution in [3.05, 3.63) is 97.1 Å². The molecule has 1 aliphatic carbocycles. The molecular formula is C27H23N5O4S2. The number of allylic oxidation sites excluding steroid dienone is 1. The third kappa shape index (κ3) is 5.43. The molecular weight excluding hydrogens is 522 g/mol. The predicted octanol–water partition coefficient (Wildman–Crippen LogP) is 5.14. The van der Waals surface area contributed by atoms with Crippen molar-refractivity contribution in [1.29, 1.82) is 0 Å². The average molecular weight is 546 g/mol. The van der Waals surface area contributed by atoms with E-state index < -0.39 is 4.92 Å². The number of fused-ring (bicyclic) bond motifs is 3. The molecule has 0 atom stereocenters. The lowest BCUT2D eigenvalue weighted by molar-refractivity contribution is -0.385. The summed E-state index contributed by atoms with van der Waals surface area (Å²) < 4.78 is 1.58. The summed E-state index contributed by atoms with van der Waals surface area (Å²) in [6.45, 7) is 0. The number of carbonyl (C=O) groups excluding carboxylic acids is 1. The second-order valence-corrected chi connectivity index (χ2v) is 10.6. The first-order valence-electron chi connectivity index (χ1n) is 12.0. The number of carbonyl (C=O) groups is 1. The summed E-state index contributed by atoms with van der Waals surface area (Å²) >= 11 is 2.75. The van der Waals surface area contributed by atoms with Gasteiger partial charge in [0.25, 0.3) is 17.2 Å². The van der Waals surface area contributed by atoms with Gasteiger partial charge in [0.05, 0.1) is 27.3 Å². The second kappa shape index (κ2) is 11.5. The van der Waals surface area contributed by atoms with Gasteiger partial charge in [0, 0.05) is 17.2 Å². The lowest BCUT2D eigenvalue weighted by atomic mass is 9.97. The SMILES string of the molecule is O=C(CSc1nc2sc3c(c2c(=O)n1-c1ccccc1)CCCC3)NN=CC=Cc1ccccc1[N+](=O)[O-]. The van der Waals surface area contributed by atoms with Gasteiger partial charge in [0.15, 0.2) is 5.16 Å². The van der Waals surface area contributed by atoms with Crippen LogP contribution in [0.5, 0.6) is 0 Å². The molecule has 0 radical (unpaired) electrons. The molecule has 192 valence electrons. The molecule has 0 fully saturated rings. The van der Waals surface area contributed by atoms with Gasteiger partial charge in [-0.3, -0.25) is 24.3 Å². The number of benzene rings is 2. The van der Waals surface area contributed by atoms with Crippen LogP contribution in [0.4, 0.5) is 5.69 Å². The van der Waals surface area contributed by atoms with Gasteiger partial charge in [-0.2, -0.15) is 5.10 Å². The van der Waals surface area contributed by atoms with Crippen molar-refractivity contribution in [1.82, 2.24) is 15.0 Å². The summed E-state index contributed by atoms with van der Waals surface area (Å²) in [7, 11) is 0. The summed E-state index contributed by atoms with van der Waals surface area (Å²) in [4.78, 5) is 43.6. The monoisotopic (exact) mass is 545 g/mol. The Morgan fingerprint density at radius 2 is 1.92 bits per heavy atom. The maximum absolute atomic E-state index is 13.7. The van der Waals surface area contributed by atoms with Crippen molar-refractivity contribution >= 4 is 57.2 Å². The first-order valence-corrected chi connectivity index (χ1v) is 13.8. The van der Waals surface area contributed by atoms with E-state index in [-0.39, 0.29) is 22.9 Å². The van der Waals surface area contributed by atoms with E-state index in [1.165, 1.54) is 35.0 Å². The third-order valence-electron chi connectivity index (χ3n) is 6.06. The highest BCUT2D eigenvalue weighted by Gasteiger charge is 2.23. The number of thioether (sulfide) groups is 1. The fourth-order valence-electron chi connectivity index (χ4n) is 4.34. The Morgan fingerprint density at radius 1 is 1.16 bits per heavy atom. The Bertz CT molecular complexity index is 1630. The maximum Gasteiger partial charge on any atom is 0.276 e. The van der Waals surface area contributed by atoms with E-state index in [1.807, 2.05) is 30.3 Å². The van der Waals surface area contributed by atoms with Gasteiger partial charge in [0.1, 0.15) is 4.83 Å². The molecule has 0 bridgehead atoms. The molecule has 2 heterocycles. The molecule has 38 heavy (non-hydrogen) atoms. The van der Waals surface area contributed by atoms with E-state index >= 15 is 0 Å². The minimum absolute atomic E-state index is 0.00107. The summed E-state index contributed by atoms with van der Waals surface area (Å²) in [6.07, 6.45) is 8.44. The molecule has 2 aromatic carbocycles. The second-order valence-electron chi connectivity index (χ2n) is 8.54. The number of nitrogens with one attached hydrogen (secondary N) is 1. The number of hydrogen-bond acceptors (Lipinski definition) is 8. The van der Waals surface area contributed by atoms with Crippen LogP contribution in [0, 0.1) is 10.1 Å². The molecule has 0 saturated heterocycles. The Morgan fingerprint density at radius 3 is 2.74 bits per heavy atom. The molecule has 1 N–H and O–H groups in total. The molecule has 0 unspecified atom stereocenters. The molecule has 0 aliphatic heterocycles.